The monoisotopic (exact) mass is 376 g/mol. The van der Waals surface area contributed by atoms with E-state index in [1.807, 2.05) is 0 Å². The van der Waals surface area contributed by atoms with Gasteiger partial charge in [-0.2, -0.15) is 0 Å². The average molecular weight is 376 g/mol. The predicted octanol–water partition coefficient (Wildman–Crippen LogP) is 1.87. The maximum Gasteiger partial charge on any atom is 0.326 e. The first-order valence-electron chi connectivity index (χ1n) is 7.87. The van der Waals surface area contributed by atoms with Crippen molar-refractivity contribution in [3.05, 3.63) is 54.1 Å². The number of ether oxygens (including phenoxy) is 2. The molecular formula is C18H14F2N2O5. The van der Waals surface area contributed by atoms with Gasteiger partial charge in [-0.15, -0.1) is 0 Å². The van der Waals surface area contributed by atoms with E-state index >= 15 is 0 Å². The van der Waals surface area contributed by atoms with Gasteiger partial charge in [0.2, 0.25) is 0 Å². The maximum atomic E-state index is 13.5. The van der Waals surface area contributed by atoms with Crippen LogP contribution in [0.1, 0.15) is 0 Å². The summed E-state index contributed by atoms with van der Waals surface area (Å²) in [5.41, 5.74) is 0.0466. The molecule has 9 heteroatoms. The smallest absolute Gasteiger partial charge is 0.326 e. The predicted molar refractivity (Wildman–Crippen MR) is 90.2 cm³/mol. The van der Waals surface area contributed by atoms with E-state index in [1.54, 1.807) is 24.3 Å². The van der Waals surface area contributed by atoms with Crippen LogP contribution in [0.25, 0.3) is 0 Å². The average Bonchev–Trinajstić information content (AvgIpc) is 2.65. The SMILES string of the molecule is O=C(COC(=O)CN1C(=O)COc2ccccc21)Nc1cc(F)ccc1F. The van der Waals surface area contributed by atoms with Gasteiger partial charge in [-0.05, 0) is 24.3 Å². The molecule has 2 amide bonds. The highest BCUT2D eigenvalue weighted by Crippen LogP contribution is 2.31. The molecule has 0 spiro atoms. The topological polar surface area (TPSA) is 84.9 Å². The van der Waals surface area contributed by atoms with Gasteiger partial charge in [0.15, 0.2) is 13.2 Å². The van der Waals surface area contributed by atoms with Crippen molar-refractivity contribution >= 4 is 29.2 Å². The van der Waals surface area contributed by atoms with E-state index in [0.29, 0.717) is 11.4 Å². The number of carbonyl (C=O) groups is 3. The minimum Gasteiger partial charge on any atom is -0.482 e. The zero-order valence-electron chi connectivity index (χ0n) is 13.9. The number of benzene rings is 2. The van der Waals surface area contributed by atoms with Gasteiger partial charge in [0.25, 0.3) is 11.8 Å². The van der Waals surface area contributed by atoms with E-state index in [-0.39, 0.29) is 12.3 Å². The molecule has 0 aromatic heterocycles. The molecule has 27 heavy (non-hydrogen) atoms. The quantitative estimate of drug-likeness (QED) is 0.806. The van der Waals surface area contributed by atoms with E-state index in [2.05, 4.69) is 5.32 Å². The highest BCUT2D eigenvalue weighted by atomic mass is 19.1. The van der Waals surface area contributed by atoms with Crippen LogP contribution in [0.4, 0.5) is 20.2 Å². The summed E-state index contributed by atoms with van der Waals surface area (Å²) >= 11 is 0. The van der Waals surface area contributed by atoms with Crippen molar-refractivity contribution in [1.29, 1.82) is 0 Å². The first-order valence-corrected chi connectivity index (χ1v) is 7.87. The summed E-state index contributed by atoms with van der Waals surface area (Å²) in [5.74, 6) is -3.22. The van der Waals surface area contributed by atoms with Gasteiger partial charge in [-0.1, -0.05) is 12.1 Å². The molecule has 0 saturated carbocycles. The molecule has 1 aliphatic heterocycles. The van der Waals surface area contributed by atoms with E-state index in [0.717, 1.165) is 18.2 Å². The summed E-state index contributed by atoms with van der Waals surface area (Å²) in [6.45, 7) is -1.35. The van der Waals surface area contributed by atoms with Crippen molar-refractivity contribution in [3.8, 4) is 5.75 Å². The van der Waals surface area contributed by atoms with Crippen LogP contribution < -0.4 is 15.0 Å². The van der Waals surface area contributed by atoms with Crippen LogP contribution in [0, 0.1) is 11.6 Å². The normalized spacial score (nSPS) is 12.8. The van der Waals surface area contributed by atoms with Crippen LogP contribution in [0.3, 0.4) is 0 Å². The molecule has 1 heterocycles. The summed E-state index contributed by atoms with van der Waals surface area (Å²) in [6.07, 6.45) is 0. The molecule has 0 atom stereocenters. The Balaban J connectivity index is 1.56. The zero-order chi connectivity index (χ0) is 19.4. The standard InChI is InChI=1S/C18H14F2N2O5/c19-11-5-6-12(20)13(7-11)21-16(23)9-27-18(25)8-22-14-3-1-2-4-15(14)26-10-17(22)24/h1-7H,8-10H2,(H,21,23). The van der Waals surface area contributed by atoms with Crippen molar-refractivity contribution in [2.75, 3.05) is 30.0 Å². The first-order chi connectivity index (χ1) is 12.9. The fourth-order valence-corrected chi connectivity index (χ4v) is 2.43. The van der Waals surface area contributed by atoms with Crippen LogP contribution in [-0.2, 0) is 19.1 Å². The van der Waals surface area contributed by atoms with Crippen LogP contribution in [0.15, 0.2) is 42.5 Å². The third kappa shape index (κ3) is 4.38. The summed E-state index contributed by atoms with van der Waals surface area (Å²) in [6, 6.07) is 9.24. The number of nitrogens with one attached hydrogen (secondary N) is 1. The van der Waals surface area contributed by atoms with Crippen molar-refractivity contribution in [2.24, 2.45) is 0 Å². The Labute approximate surface area is 152 Å². The maximum absolute atomic E-state index is 13.5. The number of hydrogen-bond donors (Lipinski definition) is 1. The summed E-state index contributed by atoms with van der Waals surface area (Å²) < 4.78 is 36.6. The second-order valence-corrected chi connectivity index (χ2v) is 5.57. The zero-order valence-corrected chi connectivity index (χ0v) is 13.9. The second kappa shape index (κ2) is 7.81. The van der Waals surface area contributed by atoms with Crippen molar-refractivity contribution in [1.82, 2.24) is 0 Å². The van der Waals surface area contributed by atoms with Crippen molar-refractivity contribution < 1.29 is 32.6 Å². The van der Waals surface area contributed by atoms with Crippen LogP contribution >= 0.6 is 0 Å². The van der Waals surface area contributed by atoms with E-state index in [1.165, 1.54) is 4.90 Å². The molecule has 7 nitrogen and oxygen atoms in total. The van der Waals surface area contributed by atoms with Gasteiger partial charge in [-0.25, -0.2) is 8.78 Å². The number of halogens is 2. The van der Waals surface area contributed by atoms with Gasteiger partial charge in [0.1, 0.15) is 23.9 Å². The van der Waals surface area contributed by atoms with Crippen molar-refractivity contribution in [3.63, 3.8) is 0 Å². The Kier molecular flexibility index (Phi) is 5.30. The molecule has 1 aliphatic rings. The molecular weight excluding hydrogens is 362 g/mol. The Bertz CT molecular complexity index is 903. The minimum absolute atomic E-state index is 0.219. The second-order valence-electron chi connectivity index (χ2n) is 5.57. The summed E-state index contributed by atoms with van der Waals surface area (Å²) in [4.78, 5) is 36.9. The largest absolute Gasteiger partial charge is 0.482 e. The minimum atomic E-state index is -0.846. The van der Waals surface area contributed by atoms with Gasteiger partial charge in [0, 0.05) is 6.07 Å². The lowest BCUT2D eigenvalue weighted by Gasteiger charge is -2.28. The third-order valence-corrected chi connectivity index (χ3v) is 3.66. The van der Waals surface area contributed by atoms with Crippen molar-refractivity contribution in [2.45, 2.75) is 0 Å². The summed E-state index contributed by atoms with van der Waals surface area (Å²) in [5, 5.41) is 2.10. The molecule has 0 fully saturated rings. The lowest BCUT2D eigenvalue weighted by atomic mass is 10.2. The molecule has 0 saturated heterocycles. The number of para-hydroxylation sites is 2. The number of rotatable bonds is 5. The number of esters is 1. The van der Waals surface area contributed by atoms with Gasteiger partial charge < -0.3 is 14.8 Å². The molecule has 1 N–H and O–H groups in total. The Morgan fingerprint density at radius 3 is 2.78 bits per heavy atom. The first kappa shape index (κ1) is 18.3. The molecule has 2 aromatic carbocycles. The molecule has 2 aromatic rings. The third-order valence-electron chi connectivity index (χ3n) is 3.66. The number of fused-ring (bicyclic) bond motifs is 1. The fraction of sp³-hybridized carbons (Fsp3) is 0.167. The lowest BCUT2D eigenvalue weighted by molar-refractivity contribution is -0.146. The number of carbonyl (C=O) groups excluding carboxylic acids is 3. The van der Waals surface area contributed by atoms with E-state index in [4.69, 9.17) is 9.47 Å². The van der Waals surface area contributed by atoms with Crippen LogP contribution in [0.5, 0.6) is 5.75 Å². The molecule has 0 radical (unpaired) electrons. The number of nitrogens with zero attached hydrogens (tertiary/aromatic N) is 1. The molecule has 0 unspecified atom stereocenters. The van der Waals surface area contributed by atoms with E-state index < -0.39 is 42.6 Å². The number of hydrogen-bond acceptors (Lipinski definition) is 5. The van der Waals surface area contributed by atoms with Crippen LogP contribution in [-0.4, -0.2) is 37.5 Å². The van der Waals surface area contributed by atoms with E-state index in [9.17, 15) is 23.2 Å². The Morgan fingerprint density at radius 1 is 1.19 bits per heavy atom. The molecule has 140 valence electrons. The van der Waals surface area contributed by atoms with Crippen LogP contribution in [0.2, 0.25) is 0 Å². The Morgan fingerprint density at radius 2 is 1.96 bits per heavy atom. The molecule has 0 aliphatic carbocycles. The summed E-state index contributed by atoms with van der Waals surface area (Å²) in [7, 11) is 0. The van der Waals surface area contributed by atoms with Gasteiger partial charge in [-0.3, -0.25) is 19.3 Å². The Hall–Kier alpha value is -3.49. The molecule has 0 bridgehead atoms. The molecule has 3 rings (SSSR count). The van der Waals surface area contributed by atoms with Gasteiger partial charge in [0.05, 0.1) is 11.4 Å². The number of anilines is 2. The lowest BCUT2D eigenvalue weighted by Crippen LogP contribution is -2.42. The van der Waals surface area contributed by atoms with Gasteiger partial charge >= 0.3 is 5.97 Å². The highest BCUT2D eigenvalue weighted by molar-refractivity contribution is 6.01. The fourth-order valence-electron chi connectivity index (χ4n) is 2.43. The number of amides is 2. The highest BCUT2D eigenvalue weighted by Gasteiger charge is 2.27.